The Balaban J connectivity index is 1.53. The molecule has 0 atom stereocenters. The second-order valence-corrected chi connectivity index (χ2v) is 7.66. The van der Waals surface area contributed by atoms with Crippen molar-refractivity contribution in [2.24, 2.45) is 0 Å². The zero-order valence-corrected chi connectivity index (χ0v) is 16.2. The number of carbonyl (C=O) groups is 1. The SMILES string of the molecule is O=C(CSc1nc(=O)n(Cc2ccco2)c2c1CCCC2)Nc1ccccc1. The van der Waals surface area contributed by atoms with Crippen LogP contribution in [0.5, 0.6) is 0 Å². The predicted octanol–water partition coefficient (Wildman–Crippen LogP) is 3.49. The molecule has 2 aromatic heterocycles. The molecule has 1 aliphatic rings. The molecule has 0 saturated carbocycles. The van der Waals surface area contributed by atoms with Gasteiger partial charge in [0.2, 0.25) is 5.91 Å². The fourth-order valence-corrected chi connectivity index (χ4v) is 4.32. The molecule has 144 valence electrons. The van der Waals surface area contributed by atoms with Crippen molar-refractivity contribution in [3.05, 3.63) is 76.2 Å². The lowest BCUT2D eigenvalue weighted by Crippen LogP contribution is -2.30. The number of benzene rings is 1. The van der Waals surface area contributed by atoms with Crippen LogP contribution in [0.1, 0.15) is 29.9 Å². The van der Waals surface area contributed by atoms with Crippen molar-refractivity contribution < 1.29 is 9.21 Å². The van der Waals surface area contributed by atoms with Crippen LogP contribution in [0.2, 0.25) is 0 Å². The lowest BCUT2D eigenvalue weighted by molar-refractivity contribution is -0.113. The van der Waals surface area contributed by atoms with Crippen LogP contribution in [-0.2, 0) is 24.2 Å². The number of anilines is 1. The number of thioether (sulfide) groups is 1. The summed E-state index contributed by atoms with van der Waals surface area (Å²) in [6.45, 7) is 0.389. The average Bonchev–Trinajstić information content (AvgIpc) is 3.23. The molecule has 28 heavy (non-hydrogen) atoms. The predicted molar refractivity (Wildman–Crippen MR) is 109 cm³/mol. The highest BCUT2D eigenvalue weighted by Gasteiger charge is 2.21. The molecular formula is C21H21N3O3S. The molecule has 6 nitrogen and oxygen atoms in total. The van der Waals surface area contributed by atoms with E-state index in [4.69, 9.17) is 4.42 Å². The molecule has 0 radical (unpaired) electrons. The number of rotatable bonds is 6. The van der Waals surface area contributed by atoms with E-state index in [1.54, 1.807) is 10.8 Å². The third kappa shape index (κ3) is 4.20. The Labute approximate surface area is 167 Å². The van der Waals surface area contributed by atoms with E-state index in [2.05, 4.69) is 10.3 Å². The van der Waals surface area contributed by atoms with Crippen LogP contribution < -0.4 is 11.0 Å². The van der Waals surface area contributed by atoms with Crippen LogP contribution in [0.15, 0.2) is 63.0 Å². The first kappa shape index (κ1) is 18.6. The number of hydrogen-bond donors (Lipinski definition) is 1. The third-order valence-electron chi connectivity index (χ3n) is 4.74. The Hall–Kier alpha value is -2.80. The van der Waals surface area contributed by atoms with Crippen molar-refractivity contribution >= 4 is 23.4 Å². The van der Waals surface area contributed by atoms with Gasteiger partial charge in [-0.25, -0.2) is 4.79 Å². The Morgan fingerprint density at radius 1 is 1.14 bits per heavy atom. The van der Waals surface area contributed by atoms with Crippen LogP contribution in [0, 0.1) is 0 Å². The number of nitrogens with one attached hydrogen (secondary N) is 1. The van der Waals surface area contributed by atoms with Crippen molar-refractivity contribution in [3.8, 4) is 0 Å². The Kier molecular flexibility index (Phi) is 5.62. The second kappa shape index (κ2) is 8.48. The smallest absolute Gasteiger partial charge is 0.349 e. The summed E-state index contributed by atoms with van der Waals surface area (Å²) >= 11 is 1.33. The summed E-state index contributed by atoms with van der Waals surface area (Å²) in [5.41, 5.74) is 2.59. The van der Waals surface area contributed by atoms with Crippen LogP contribution >= 0.6 is 11.8 Å². The molecule has 0 spiro atoms. The van der Waals surface area contributed by atoms with Crippen molar-refractivity contribution in [1.82, 2.24) is 9.55 Å². The maximum atomic E-state index is 12.7. The first-order chi connectivity index (χ1) is 13.7. The fourth-order valence-electron chi connectivity index (χ4n) is 3.44. The first-order valence-corrected chi connectivity index (χ1v) is 10.3. The van der Waals surface area contributed by atoms with Gasteiger partial charge >= 0.3 is 5.69 Å². The lowest BCUT2D eigenvalue weighted by atomic mass is 9.97. The minimum Gasteiger partial charge on any atom is -0.467 e. The summed E-state index contributed by atoms with van der Waals surface area (Å²) in [7, 11) is 0. The highest BCUT2D eigenvalue weighted by atomic mass is 32.2. The maximum absolute atomic E-state index is 12.7. The molecule has 0 fully saturated rings. The fraction of sp³-hybridized carbons (Fsp3) is 0.286. The summed E-state index contributed by atoms with van der Waals surface area (Å²) in [4.78, 5) is 29.2. The lowest BCUT2D eigenvalue weighted by Gasteiger charge is -2.22. The summed E-state index contributed by atoms with van der Waals surface area (Å²) in [5, 5.41) is 3.54. The molecule has 0 unspecified atom stereocenters. The zero-order valence-electron chi connectivity index (χ0n) is 15.4. The van der Waals surface area contributed by atoms with E-state index in [-0.39, 0.29) is 17.3 Å². The van der Waals surface area contributed by atoms with Gasteiger partial charge in [0.25, 0.3) is 0 Å². The number of nitrogens with zero attached hydrogens (tertiary/aromatic N) is 2. The van der Waals surface area contributed by atoms with Gasteiger partial charge in [-0.3, -0.25) is 9.36 Å². The zero-order chi connectivity index (χ0) is 19.3. The van der Waals surface area contributed by atoms with Crippen LogP contribution in [0.4, 0.5) is 5.69 Å². The van der Waals surface area contributed by atoms with E-state index in [1.165, 1.54) is 11.8 Å². The monoisotopic (exact) mass is 395 g/mol. The summed E-state index contributed by atoms with van der Waals surface area (Å²) in [6.07, 6.45) is 5.45. The molecule has 7 heteroatoms. The number of aromatic nitrogens is 2. The molecule has 2 heterocycles. The van der Waals surface area contributed by atoms with Gasteiger partial charge < -0.3 is 9.73 Å². The molecule has 1 aliphatic carbocycles. The van der Waals surface area contributed by atoms with Gasteiger partial charge in [-0.2, -0.15) is 4.98 Å². The van der Waals surface area contributed by atoms with Gasteiger partial charge in [0.05, 0.1) is 18.6 Å². The largest absolute Gasteiger partial charge is 0.467 e. The van der Waals surface area contributed by atoms with Crippen molar-refractivity contribution in [3.63, 3.8) is 0 Å². The highest BCUT2D eigenvalue weighted by molar-refractivity contribution is 8.00. The second-order valence-electron chi connectivity index (χ2n) is 6.70. The van der Waals surface area contributed by atoms with Crippen molar-refractivity contribution in [2.45, 2.75) is 37.3 Å². The van der Waals surface area contributed by atoms with Gasteiger partial charge in [-0.1, -0.05) is 30.0 Å². The Morgan fingerprint density at radius 3 is 2.75 bits per heavy atom. The molecule has 0 bridgehead atoms. The van der Waals surface area contributed by atoms with E-state index in [9.17, 15) is 9.59 Å². The highest BCUT2D eigenvalue weighted by Crippen LogP contribution is 2.28. The standard InChI is InChI=1S/C21H21N3O3S/c25-19(22-15-7-2-1-3-8-15)14-28-20-17-10-4-5-11-18(17)24(21(26)23-20)13-16-9-6-12-27-16/h1-3,6-9,12H,4-5,10-11,13-14H2,(H,22,25). The third-order valence-corrected chi connectivity index (χ3v) is 5.76. The Morgan fingerprint density at radius 2 is 1.96 bits per heavy atom. The minimum atomic E-state index is -0.289. The van der Waals surface area contributed by atoms with Crippen molar-refractivity contribution in [1.29, 1.82) is 0 Å². The maximum Gasteiger partial charge on any atom is 0.349 e. The minimum absolute atomic E-state index is 0.109. The molecular weight excluding hydrogens is 374 g/mol. The average molecular weight is 395 g/mol. The number of para-hydroxylation sites is 1. The molecule has 4 rings (SSSR count). The first-order valence-electron chi connectivity index (χ1n) is 9.33. The molecule has 1 N–H and O–H groups in total. The van der Waals surface area contributed by atoms with E-state index >= 15 is 0 Å². The van der Waals surface area contributed by atoms with Gasteiger partial charge in [0, 0.05) is 16.9 Å². The number of fused-ring (bicyclic) bond motifs is 1. The topological polar surface area (TPSA) is 77.1 Å². The van der Waals surface area contributed by atoms with E-state index in [0.29, 0.717) is 11.6 Å². The molecule has 1 amide bonds. The van der Waals surface area contributed by atoms with E-state index in [0.717, 1.165) is 48.4 Å². The van der Waals surface area contributed by atoms with Gasteiger partial charge in [-0.15, -0.1) is 0 Å². The number of hydrogen-bond acceptors (Lipinski definition) is 5. The summed E-state index contributed by atoms with van der Waals surface area (Å²) < 4.78 is 7.11. The Bertz CT molecular complexity index is 1010. The van der Waals surface area contributed by atoms with Gasteiger partial charge in [0.15, 0.2) is 0 Å². The number of carbonyl (C=O) groups excluding carboxylic acids is 1. The van der Waals surface area contributed by atoms with E-state index < -0.39 is 0 Å². The molecule has 0 aliphatic heterocycles. The normalized spacial score (nSPS) is 13.1. The van der Waals surface area contributed by atoms with Gasteiger partial charge in [-0.05, 0) is 49.9 Å². The molecule has 3 aromatic rings. The van der Waals surface area contributed by atoms with Crippen molar-refractivity contribution in [2.75, 3.05) is 11.1 Å². The summed E-state index contributed by atoms with van der Waals surface area (Å²) in [6, 6.07) is 13.0. The van der Waals surface area contributed by atoms with Crippen LogP contribution in [0.25, 0.3) is 0 Å². The number of amides is 1. The van der Waals surface area contributed by atoms with E-state index in [1.807, 2.05) is 42.5 Å². The quantitative estimate of drug-likeness (QED) is 0.511. The molecule has 0 saturated heterocycles. The molecule has 1 aromatic carbocycles. The van der Waals surface area contributed by atoms with Crippen LogP contribution in [0.3, 0.4) is 0 Å². The van der Waals surface area contributed by atoms with Gasteiger partial charge in [0.1, 0.15) is 10.8 Å². The van der Waals surface area contributed by atoms with Crippen LogP contribution in [-0.4, -0.2) is 21.2 Å². The summed E-state index contributed by atoms with van der Waals surface area (Å²) in [5.74, 6) is 0.845. The number of furan rings is 1.